The lowest BCUT2D eigenvalue weighted by atomic mass is 10.0. The van der Waals surface area contributed by atoms with Crippen molar-refractivity contribution in [3.63, 3.8) is 0 Å². The summed E-state index contributed by atoms with van der Waals surface area (Å²) in [6, 6.07) is 21.1. The van der Waals surface area contributed by atoms with Crippen LogP contribution in [0.3, 0.4) is 0 Å². The fourth-order valence-corrected chi connectivity index (χ4v) is 2.69. The maximum absolute atomic E-state index is 12.2. The Bertz CT molecular complexity index is 971. The van der Waals surface area contributed by atoms with Gasteiger partial charge in [-0.3, -0.25) is 0 Å². The van der Waals surface area contributed by atoms with E-state index in [2.05, 4.69) is 0 Å². The first kappa shape index (κ1) is 20.1. The van der Waals surface area contributed by atoms with Crippen molar-refractivity contribution in [3.8, 4) is 22.6 Å². The minimum Gasteiger partial charge on any atom is -0.497 e. The van der Waals surface area contributed by atoms with Gasteiger partial charge >= 0.3 is 11.9 Å². The van der Waals surface area contributed by atoms with Crippen LogP contribution in [-0.4, -0.2) is 25.2 Å². The van der Waals surface area contributed by atoms with Crippen molar-refractivity contribution in [2.75, 3.05) is 7.11 Å². The van der Waals surface area contributed by atoms with Crippen molar-refractivity contribution in [2.24, 2.45) is 0 Å². The zero-order valence-electron chi connectivity index (χ0n) is 16.5. The molecule has 0 radical (unpaired) electrons. The fraction of sp³-hybridized carbons (Fsp3) is 0.167. The summed E-state index contributed by atoms with van der Waals surface area (Å²) in [5.74, 6) is 0.349. The van der Waals surface area contributed by atoms with Gasteiger partial charge in [-0.1, -0.05) is 24.3 Å². The maximum atomic E-state index is 12.2. The Morgan fingerprint density at radius 3 is 1.62 bits per heavy atom. The second kappa shape index (κ2) is 9.06. The summed E-state index contributed by atoms with van der Waals surface area (Å²) in [5.41, 5.74) is 2.84. The molecule has 0 saturated heterocycles. The first-order chi connectivity index (χ1) is 14.0. The van der Waals surface area contributed by atoms with Crippen molar-refractivity contribution in [1.29, 1.82) is 0 Å². The highest BCUT2D eigenvalue weighted by atomic mass is 16.5. The Kier molecular flexibility index (Phi) is 6.29. The van der Waals surface area contributed by atoms with Gasteiger partial charge in [-0.15, -0.1) is 0 Å². The average Bonchev–Trinajstić information content (AvgIpc) is 2.74. The molecule has 0 aliphatic rings. The largest absolute Gasteiger partial charge is 0.497 e. The molecule has 0 aromatic heterocycles. The third-order valence-electron chi connectivity index (χ3n) is 4.19. The number of ether oxygens (including phenoxy) is 3. The van der Waals surface area contributed by atoms with Crippen LogP contribution in [0.2, 0.25) is 0 Å². The Labute approximate surface area is 169 Å². The first-order valence-electron chi connectivity index (χ1n) is 9.24. The first-order valence-corrected chi connectivity index (χ1v) is 9.24. The van der Waals surface area contributed by atoms with E-state index >= 15 is 0 Å². The number of carbonyl (C=O) groups excluding carboxylic acids is 2. The molecule has 148 valence electrons. The second-order valence-electron chi connectivity index (χ2n) is 6.67. The predicted molar refractivity (Wildman–Crippen MR) is 110 cm³/mol. The van der Waals surface area contributed by atoms with Crippen molar-refractivity contribution in [3.05, 3.63) is 83.9 Å². The summed E-state index contributed by atoms with van der Waals surface area (Å²) in [7, 11) is 1.57. The molecule has 0 N–H and O–H groups in total. The van der Waals surface area contributed by atoms with E-state index in [0.717, 1.165) is 11.1 Å². The van der Waals surface area contributed by atoms with Crippen LogP contribution in [0.4, 0.5) is 0 Å². The van der Waals surface area contributed by atoms with Gasteiger partial charge < -0.3 is 14.2 Å². The third kappa shape index (κ3) is 5.23. The molecule has 0 heterocycles. The summed E-state index contributed by atoms with van der Waals surface area (Å²) < 4.78 is 15.7. The lowest BCUT2D eigenvalue weighted by molar-refractivity contribution is 0.0377. The smallest absolute Gasteiger partial charge is 0.343 e. The van der Waals surface area contributed by atoms with Crippen LogP contribution in [-0.2, 0) is 4.74 Å². The molecule has 5 nitrogen and oxygen atoms in total. The van der Waals surface area contributed by atoms with E-state index in [4.69, 9.17) is 14.2 Å². The topological polar surface area (TPSA) is 61.8 Å². The minimum atomic E-state index is -0.437. The van der Waals surface area contributed by atoms with E-state index in [-0.39, 0.29) is 12.1 Å². The lowest BCUT2D eigenvalue weighted by Gasteiger charge is -2.09. The van der Waals surface area contributed by atoms with Gasteiger partial charge in [-0.2, -0.15) is 0 Å². The Morgan fingerprint density at radius 2 is 1.10 bits per heavy atom. The van der Waals surface area contributed by atoms with Crippen LogP contribution in [0.1, 0.15) is 34.6 Å². The average molecular weight is 390 g/mol. The van der Waals surface area contributed by atoms with Crippen LogP contribution in [0.15, 0.2) is 72.8 Å². The van der Waals surface area contributed by atoms with E-state index in [1.54, 1.807) is 55.6 Å². The summed E-state index contributed by atoms with van der Waals surface area (Å²) in [6.07, 6.45) is -0.157. The van der Waals surface area contributed by atoms with Crippen molar-refractivity contribution in [1.82, 2.24) is 0 Å². The van der Waals surface area contributed by atoms with Gasteiger partial charge in [0.2, 0.25) is 0 Å². The maximum Gasteiger partial charge on any atom is 0.343 e. The minimum absolute atomic E-state index is 0.157. The Balaban J connectivity index is 1.66. The molecule has 3 aromatic rings. The van der Waals surface area contributed by atoms with E-state index < -0.39 is 5.97 Å². The monoisotopic (exact) mass is 390 g/mol. The van der Waals surface area contributed by atoms with Crippen LogP contribution < -0.4 is 9.47 Å². The molecule has 29 heavy (non-hydrogen) atoms. The van der Waals surface area contributed by atoms with E-state index in [0.29, 0.717) is 22.6 Å². The number of methoxy groups -OCH3 is 1. The fourth-order valence-electron chi connectivity index (χ4n) is 2.69. The normalized spacial score (nSPS) is 10.5. The molecule has 3 aromatic carbocycles. The third-order valence-corrected chi connectivity index (χ3v) is 4.19. The predicted octanol–water partition coefficient (Wildman–Crippen LogP) is 5.15. The summed E-state index contributed by atoms with van der Waals surface area (Å²) in [6.45, 7) is 3.63. The molecule has 5 heteroatoms. The van der Waals surface area contributed by atoms with Crippen LogP contribution in [0.25, 0.3) is 11.1 Å². The number of hydrogen-bond acceptors (Lipinski definition) is 5. The summed E-state index contributed by atoms with van der Waals surface area (Å²) in [5, 5.41) is 0. The quantitative estimate of drug-likeness (QED) is 0.430. The van der Waals surface area contributed by atoms with Crippen LogP contribution in [0, 0.1) is 0 Å². The Morgan fingerprint density at radius 1 is 0.655 bits per heavy atom. The number of rotatable bonds is 6. The van der Waals surface area contributed by atoms with E-state index in [1.807, 2.05) is 38.1 Å². The van der Waals surface area contributed by atoms with E-state index in [1.165, 1.54) is 0 Å². The molecule has 0 fully saturated rings. The molecule has 0 aliphatic heterocycles. The SMILES string of the molecule is COc1ccc(C(=O)Oc2ccc(-c3ccc(C(=O)OC(C)C)cc3)cc2)cc1. The molecule has 0 spiro atoms. The van der Waals surface area contributed by atoms with Gasteiger partial charge in [0.15, 0.2) is 0 Å². The second-order valence-corrected chi connectivity index (χ2v) is 6.67. The zero-order valence-corrected chi connectivity index (χ0v) is 16.5. The van der Waals surface area contributed by atoms with Crippen molar-refractivity contribution in [2.45, 2.75) is 20.0 Å². The van der Waals surface area contributed by atoms with Gasteiger partial charge in [0.1, 0.15) is 11.5 Å². The van der Waals surface area contributed by atoms with E-state index in [9.17, 15) is 9.59 Å². The molecule has 0 atom stereocenters. The molecular formula is C24H22O5. The molecule has 0 aliphatic carbocycles. The standard InChI is InChI=1S/C24H22O5/c1-16(2)28-23(25)19-6-4-17(5-7-19)18-8-14-22(15-9-18)29-24(26)20-10-12-21(27-3)13-11-20/h4-16H,1-3H3. The zero-order chi connectivity index (χ0) is 20.8. The van der Waals surface area contributed by atoms with Crippen LogP contribution in [0.5, 0.6) is 11.5 Å². The Hall–Kier alpha value is -3.60. The number of esters is 2. The van der Waals surface area contributed by atoms with Gasteiger partial charge in [0, 0.05) is 0 Å². The summed E-state index contributed by atoms with van der Waals surface area (Å²) in [4.78, 5) is 24.2. The summed E-state index contributed by atoms with van der Waals surface area (Å²) >= 11 is 0. The van der Waals surface area contributed by atoms with Gasteiger partial charge in [0.05, 0.1) is 24.3 Å². The van der Waals surface area contributed by atoms with Gasteiger partial charge in [-0.05, 0) is 73.5 Å². The van der Waals surface area contributed by atoms with Gasteiger partial charge in [-0.25, -0.2) is 9.59 Å². The molecule has 0 saturated carbocycles. The molecule has 3 rings (SSSR count). The number of hydrogen-bond donors (Lipinski definition) is 0. The molecule has 0 amide bonds. The number of carbonyl (C=O) groups is 2. The molecule has 0 bridgehead atoms. The van der Waals surface area contributed by atoms with Crippen molar-refractivity contribution < 1.29 is 23.8 Å². The highest BCUT2D eigenvalue weighted by molar-refractivity contribution is 5.91. The van der Waals surface area contributed by atoms with Crippen molar-refractivity contribution >= 4 is 11.9 Å². The highest BCUT2D eigenvalue weighted by Gasteiger charge is 2.11. The lowest BCUT2D eigenvalue weighted by Crippen LogP contribution is -2.11. The number of benzene rings is 3. The van der Waals surface area contributed by atoms with Crippen LogP contribution >= 0.6 is 0 Å². The van der Waals surface area contributed by atoms with Gasteiger partial charge in [0.25, 0.3) is 0 Å². The molecule has 0 unspecified atom stereocenters. The highest BCUT2D eigenvalue weighted by Crippen LogP contribution is 2.24. The molecular weight excluding hydrogens is 368 g/mol.